The maximum Gasteiger partial charge on any atom is 0.251 e. The second kappa shape index (κ2) is 7.36. The Labute approximate surface area is 120 Å². The molecule has 19 heavy (non-hydrogen) atoms. The maximum atomic E-state index is 12.0. The fourth-order valence-electron chi connectivity index (χ4n) is 2.26. The van der Waals surface area contributed by atoms with Crippen LogP contribution in [-0.4, -0.2) is 25.2 Å². The van der Waals surface area contributed by atoms with Crippen LogP contribution in [0.4, 0.5) is 5.69 Å². The molecule has 0 saturated carbocycles. The van der Waals surface area contributed by atoms with E-state index in [0.717, 1.165) is 26.1 Å². The third-order valence-electron chi connectivity index (χ3n) is 3.50. The van der Waals surface area contributed by atoms with Gasteiger partial charge in [-0.25, -0.2) is 0 Å². The van der Waals surface area contributed by atoms with E-state index in [-0.39, 0.29) is 24.4 Å². The van der Waals surface area contributed by atoms with E-state index in [0.29, 0.717) is 17.2 Å². The molecule has 3 N–H and O–H groups in total. The Morgan fingerprint density at radius 3 is 2.47 bits per heavy atom. The Morgan fingerprint density at radius 2 is 1.89 bits per heavy atom. The minimum absolute atomic E-state index is 0. The molecule has 1 fully saturated rings. The first-order chi connectivity index (χ1) is 8.66. The number of hydrogen-bond acceptors (Lipinski definition) is 3. The fraction of sp³-hybridized carbons (Fsp3) is 0.500. The predicted molar refractivity (Wildman–Crippen MR) is 78.6 cm³/mol. The van der Waals surface area contributed by atoms with E-state index in [1.807, 2.05) is 0 Å². The van der Waals surface area contributed by atoms with Gasteiger partial charge in [-0.1, -0.05) is 0 Å². The number of hydrogen-bond donors (Lipinski definition) is 2. The van der Waals surface area contributed by atoms with E-state index in [2.05, 4.69) is 12.2 Å². The van der Waals surface area contributed by atoms with Gasteiger partial charge in [0.25, 0.3) is 5.91 Å². The Morgan fingerprint density at radius 1 is 1.32 bits per heavy atom. The number of halogens is 1. The second-order valence-corrected chi connectivity index (χ2v) is 4.83. The molecule has 1 heterocycles. The lowest BCUT2D eigenvalue weighted by molar-refractivity contribution is 0.0538. The van der Waals surface area contributed by atoms with Crippen LogP contribution in [0, 0.1) is 5.92 Å². The molecular weight excluding hydrogens is 264 g/mol. The van der Waals surface area contributed by atoms with Crippen molar-refractivity contribution >= 4 is 24.0 Å². The van der Waals surface area contributed by atoms with Crippen LogP contribution >= 0.6 is 12.4 Å². The highest BCUT2D eigenvalue weighted by molar-refractivity contribution is 5.94. The van der Waals surface area contributed by atoms with Gasteiger partial charge in [-0.2, -0.15) is 0 Å². The van der Waals surface area contributed by atoms with Gasteiger partial charge in [0, 0.05) is 30.5 Å². The molecule has 4 nitrogen and oxygen atoms in total. The van der Waals surface area contributed by atoms with Gasteiger partial charge < -0.3 is 15.8 Å². The van der Waals surface area contributed by atoms with Gasteiger partial charge in [0.15, 0.2) is 0 Å². The molecular formula is C14H21ClN2O2. The number of nitrogens with one attached hydrogen (secondary N) is 1. The van der Waals surface area contributed by atoms with Crippen molar-refractivity contribution in [3.05, 3.63) is 29.8 Å². The summed E-state index contributed by atoms with van der Waals surface area (Å²) in [7, 11) is 0. The van der Waals surface area contributed by atoms with Gasteiger partial charge >= 0.3 is 0 Å². The monoisotopic (exact) mass is 284 g/mol. The molecule has 0 aromatic heterocycles. The second-order valence-electron chi connectivity index (χ2n) is 4.83. The third kappa shape index (κ3) is 4.40. The lowest BCUT2D eigenvalue weighted by Crippen LogP contribution is -2.40. The largest absolute Gasteiger partial charge is 0.399 e. The molecule has 1 atom stereocenters. The topological polar surface area (TPSA) is 64.4 Å². The minimum atomic E-state index is -0.0333. The van der Waals surface area contributed by atoms with Gasteiger partial charge in [-0.3, -0.25) is 4.79 Å². The van der Waals surface area contributed by atoms with E-state index in [9.17, 15) is 4.79 Å². The van der Waals surface area contributed by atoms with Crippen LogP contribution in [0.15, 0.2) is 24.3 Å². The molecule has 1 aliphatic heterocycles. The molecule has 1 amide bonds. The number of rotatable bonds is 3. The summed E-state index contributed by atoms with van der Waals surface area (Å²) in [5, 5.41) is 3.05. The van der Waals surface area contributed by atoms with Crippen molar-refractivity contribution in [2.24, 2.45) is 5.92 Å². The van der Waals surface area contributed by atoms with Crippen LogP contribution in [-0.2, 0) is 4.74 Å². The number of nitrogen functional groups attached to an aromatic ring is 1. The quantitative estimate of drug-likeness (QED) is 0.837. The first kappa shape index (κ1) is 15.8. The third-order valence-corrected chi connectivity index (χ3v) is 3.50. The summed E-state index contributed by atoms with van der Waals surface area (Å²) in [5.41, 5.74) is 6.93. The lowest BCUT2D eigenvalue weighted by atomic mass is 9.93. The van der Waals surface area contributed by atoms with Crippen LogP contribution in [0.2, 0.25) is 0 Å². The van der Waals surface area contributed by atoms with E-state index in [1.54, 1.807) is 24.3 Å². The van der Waals surface area contributed by atoms with Crippen molar-refractivity contribution in [2.75, 3.05) is 18.9 Å². The Hall–Kier alpha value is -1.26. The van der Waals surface area contributed by atoms with Crippen molar-refractivity contribution in [2.45, 2.75) is 25.8 Å². The summed E-state index contributed by atoms with van der Waals surface area (Å²) in [6.45, 7) is 3.66. The van der Waals surface area contributed by atoms with Crippen LogP contribution in [0.25, 0.3) is 0 Å². The maximum absolute atomic E-state index is 12.0. The average molecular weight is 285 g/mol. The SMILES string of the molecule is CC(NC(=O)c1ccc(N)cc1)C1CCOCC1.Cl. The molecule has 1 unspecified atom stereocenters. The van der Waals surface area contributed by atoms with Crippen molar-refractivity contribution in [1.29, 1.82) is 0 Å². The van der Waals surface area contributed by atoms with E-state index in [4.69, 9.17) is 10.5 Å². The highest BCUT2D eigenvalue weighted by atomic mass is 35.5. The molecule has 5 heteroatoms. The molecule has 0 aliphatic carbocycles. The van der Waals surface area contributed by atoms with Crippen molar-refractivity contribution in [3.63, 3.8) is 0 Å². The van der Waals surface area contributed by atoms with E-state index < -0.39 is 0 Å². The molecule has 2 rings (SSSR count). The summed E-state index contributed by atoms with van der Waals surface area (Å²) < 4.78 is 5.33. The Balaban J connectivity index is 0.00000180. The average Bonchev–Trinajstić information content (AvgIpc) is 2.40. The molecule has 1 aliphatic rings. The molecule has 1 aromatic rings. The highest BCUT2D eigenvalue weighted by Gasteiger charge is 2.22. The van der Waals surface area contributed by atoms with Crippen molar-refractivity contribution < 1.29 is 9.53 Å². The minimum Gasteiger partial charge on any atom is -0.399 e. The van der Waals surface area contributed by atoms with Gasteiger partial charge in [-0.05, 0) is 49.9 Å². The smallest absolute Gasteiger partial charge is 0.251 e. The zero-order valence-corrected chi connectivity index (χ0v) is 11.9. The number of amides is 1. The molecule has 1 saturated heterocycles. The van der Waals surface area contributed by atoms with Crippen LogP contribution in [0.1, 0.15) is 30.1 Å². The van der Waals surface area contributed by atoms with Gasteiger partial charge in [-0.15, -0.1) is 12.4 Å². The summed E-state index contributed by atoms with van der Waals surface area (Å²) in [4.78, 5) is 12.0. The zero-order chi connectivity index (χ0) is 13.0. The fourth-order valence-corrected chi connectivity index (χ4v) is 2.26. The number of carbonyl (C=O) groups excluding carboxylic acids is 1. The van der Waals surface area contributed by atoms with Gasteiger partial charge in [0.05, 0.1) is 0 Å². The Bertz CT molecular complexity index is 402. The zero-order valence-electron chi connectivity index (χ0n) is 11.1. The molecule has 106 valence electrons. The molecule has 0 spiro atoms. The summed E-state index contributed by atoms with van der Waals surface area (Å²) in [5.74, 6) is 0.477. The number of nitrogens with two attached hydrogens (primary N) is 1. The Kier molecular flexibility index (Phi) is 6.12. The normalized spacial score (nSPS) is 17.3. The summed E-state index contributed by atoms with van der Waals surface area (Å²) in [6.07, 6.45) is 2.03. The first-order valence-corrected chi connectivity index (χ1v) is 6.41. The van der Waals surface area contributed by atoms with E-state index >= 15 is 0 Å². The van der Waals surface area contributed by atoms with Crippen LogP contribution in [0.3, 0.4) is 0 Å². The molecule has 0 bridgehead atoms. The predicted octanol–water partition coefficient (Wildman–Crippen LogP) is 2.24. The molecule has 0 radical (unpaired) electrons. The van der Waals surface area contributed by atoms with E-state index in [1.165, 1.54) is 0 Å². The summed E-state index contributed by atoms with van der Waals surface area (Å²) in [6, 6.07) is 7.17. The van der Waals surface area contributed by atoms with Crippen molar-refractivity contribution in [3.8, 4) is 0 Å². The lowest BCUT2D eigenvalue weighted by Gasteiger charge is -2.28. The standard InChI is InChI=1S/C14H20N2O2.ClH/c1-10(11-6-8-18-9-7-11)16-14(17)12-2-4-13(15)5-3-12;/h2-5,10-11H,6-9,15H2,1H3,(H,16,17);1H. The molecule has 1 aromatic carbocycles. The number of anilines is 1. The first-order valence-electron chi connectivity index (χ1n) is 6.41. The highest BCUT2D eigenvalue weighted by Crippen LogP contribution is 2.19. The van der Waals surface area contributed by atoms with Gasteiger partial charge in [0.1, 0.15) is 0 Å². The number of carbonyl (C=O) groups is 1. The van der Waals surface area contributed by atoms with Crippen LogP contribution < -0.4 is 11.1 Å². The number of benzene rings is 1. The van der Waals surface area contributed by atoms with Crippen LogP contribution in [0.5, 0.6) is 0 Å². The number of ether oxygens (including phenoxy) is 1. The van der Waals surface area contributed by atoms with Gasteiger partial charge in [0.2, 0.25) is 0 Å². The summed E-state index contributed by atoms with van der Waals surface area (Å²) >= 11 is 0. The van der Waals surface area contributed by atoms with Crippen molar-refractivity contribution in [1.82, 2.24) is 5.32 Å².